The van der Waals surface area contributed by atoms with Crippen LogP contribution in [-0.2, 0) is 37.3 Å². The number of hydrogen-bond donors (Lipinski definition) is 1. The Morgan fingerprint density at radius 2 is 1.79 bits per heavy atom. The van der Waals surface area contributed by atoms with Gasteiger partial charge in [0.2, 0.25) is 15.9 Å². The van der Waals surface area contributed by atoms with Crippen molar-refractivity contribution >= 4 is 27.6 Å². The lowest BCUT2D eigenvalue weighted by Crippen LogP contribution is -2.49. The number of ether oxygens (including phenoxy) is 2. The average molecular weight is 418 g/mol. The molecule has 3 rings (SSSR count). The van der Waals surface area contributed by atoms with E-state index in [1.165, 1.54) is 39.3 Å². The molecular formula is C20H22N2O6S. The molecule has 0 fully saturated rings. The fraction of sp³-hybridized carbons (Fsp3) is 0.300. The van der Waals surface area contributed by atoms with Crippen molar-refractivity contribution in [1.82, 2.24) is 4.31 Å². The molecule has 0 unspecified atom stereocenters. The molecule has 1 N–H and O–H groups in total. The second-order valence-corrected chi connectivity index (χ2v) is 8.50. The van der Waals surface area contributed by atoms with Gasteiger partial charge in [-0.1, -0.05) is 24.3 Å². The number of esters is 1. The Morgan fingerprint density at radius 1 is 1.10 bits per heavy atom. The third-order valence-electron chi connectivity index (χ3n) is 4.77. The number of methoxy groups -OCH3 is 2. The van der Waals surface area contributed by atoms with Crippen LogP contribution in [0.25, 0.3) is 0 Å². The molecule has 0 aromatic heterocycles. The summed E-state index contributed by atoms with van der Waals surface area (Å²) in [4.78, 5) is 23.7. The molecule has 0 saturated carbocycles. The lowest BCUT2D eigenvalue weighted by molar-refractivity contribution is -0.145. The summed E-state index contributed by atoms with van der Waals surface area (Å²) < 4.78 is 38.0. The van der Waals surface area contributed by atoms with E-state index in [-0.39, 0.29) is 29.5 Å². The number of rotatable bonds is 5. The Balaban J connectivity index is 2.04. The lowest BCUT2D eigenvalue weighted by atomic mass is 9.96. The van der Waals surface area contributed by atoms with Crippen molar-refractivity contribution in [2.24, 2.45) is 0 Å². The van der Waals surface area contributed by atoms with Gasteiger partial charge in [0.25, 0.3) is 0 Å². The summed E-state index contributed by atoms with van der Waals surface area (Å²) in [6, 6.07) is 10.6. The second-order valence-electron chi connectivity index (χ2n) is 6.61. The highest BCUT2D eigenvalue weighted by molar-refractivity contribution is 7.89. The Labute approximate surface area is 169 Å². The molecule has 0 aliphatic carbocycles. The molecule has 0 radical (unpaired) electrons. The molecule has 1 aliphatic rings. The van der Waals surface area contributed by atoms with Crippen molar-refractivity contribution in [2.45, 2.75) is 30.8 Å². The third kappa shape index (κ3) is 4.10. The summed E-state index contributed by atoms with van der Waals surface area (Å²) in [5.41, 5.74) is 2.10. The number of benzene rings is 2. The molecule has 29 heavy (non-hydrogen) atoms. The third-order valence-corrected chi connectivity index (χ3v) is 6.62. The van der Waals surface area contributed by atoms with Gasteiger partial charge in [-0.2, -0.15) is 4.31 Å². The molecule has 0 bridgehead atoms. The zero-order valence-corrected chi connectivity index (χ0v) is 17.2. The van der Waals surface area contributed by atoms with Gasteiger partial charge < -0.3 is 14.8 Å². The number of anilines is 1. The van der Waals surface area contributed by atoms with Crippen LogP contribution in [0.2, 0.25) is 0 Å². The van der Waals surface area contributed by atoms with Crippen molar-refractivity contribution in [3.63, 3.8) is 0 Å². The van der Waals surface area contributed by atoms with E-state index in [1.54, 1.807) is 0 Å². The molecular weight excluding hydrogens is 396 g/mol. The molecule has 1 atom stereocenters. The van der Waals surface area contributed by atoms with Crippen LogP contribution in [0.5, 0.6) is 5.75 Å². The van der Waals surface area contributed by atoms with E-state index < -0.39 is 22.0 Å². The maximum atomic E-state index is 13.4. The van der Waals surface area contributed by atoms with Gasteiger partial charge >= 0.3 is 5.97 Å². The predicted octanol–water partition coefficient (Wildman–Crippen LogP) is 1.94. The summed E-state index contributed by atoms with van der Waals surface area (Å²) in [7, 11) is -1.43. The van der Waals surface area contributed by atoms with Crippen LogP contribution in [0.15, 0.2) is 47.4 Å². The molecule has 1 heterocycles. The zero-order valence-electron chi connectivity index (χ0n) is 16.3. The molecule has 0 saturated heterocycles. The van der Waals surface area contributed by atoms with Crippen LogP contribution < -0.4 is 10.1 Å². The topological polar surface area (TPSA) is 102 Å². The predicted molar refractivity (Wildman–Crippen MR) is 106 cm³/mol. The van der Waals surface area contributed by atoms with Crippen molar-refractivity contribution in [2.75, 3.05) is 19.5 Å². The molecule has 1 amide bonds. The first-order valence-corrected chi connectivity index (χ1v) is 10.3. The number of nitrogens with zero attached hydrogens (tertiary/aromatic N) is 1. The lowest BCUT2D eigenvalue weighted by Gasteiger charge is -2.34. The van der Waals surface area contributed by atoms with Crippen LogP contribution >= 0.6 is 0 Å². The molecule has 0 spiro atoms. The largest absolute Gasteiger partial charge is 0.495 e. The van der Waals surface area contributed by atoms with E-state index in [1.807, 2.05) is 24.3 Å². The zero-order chi connectivity index (χ0) is 21.2. The van der Waals surface area contributed by atoms with E-state index in [2.05, 4.69) is 5.32 Å². The van der Waals surface area contributed by atoms with Crippen molar-refractivity contribution in [3.05, 3.63) is 53.6 Å². The van der Waals surface area contributed by atoms with Crippen LogP contribution in [0.3, 0.4) is 0 Å². The molecule has 2 aromatic carbocycles. The number of sulfonamides is 1. The molecule has 1 aliphatic heterocycles. The minimum absolute atomic E-state index is 0.0447. The second kappa shape index (κ2) is 8.22. The normalized spacial score (nSPS) is 16.6. The van der Waals surface area contributed by atoms with Gasteiger partial charge in [-0.05, 0) is 23.3 Å². The number of carbonyl (C=O) groups is 2. The summed E-state index contributed by atoms with van der Waals surface area (Å²) in [6.45, 7) is 1.39. The fourth-order valence-electron chi connectivity index (χ4n) is 3.35. The molecule has 154 valence electrons. The maximum Gasteiger partial charge on any atom is 0.324 e. The monoisotopic (exact) mass is 418 g/mol. The van der Waals surface area contributed by atoms with E-state index in [4.69, 9.17) is 9.47 Å². The van der Waals surface area contributed by atoms with Crippen LogP contribution in [0.1, 0.15) is 18.1 Å². The van der Waals surface area contributed by atoms with Crippen molar-refractivity contribution in [3.8, 4) is 5.75 Å². The molecule has 2 aromatic rings. The Kier molecular flexibility index (Phi) is 5.90. The van der Waals surface area contributed by atoms with E-state index in [9.17, 15) is 18.0 Å². The highest BCUT2D eigenvalue weighted by Crippen LogP contribution is 2.33. The highest BCUT2D eigenvalue weighted by atomic mass is 32.2. The maximum absolute atomic E-state index is 13.4. The van der Waals surface area contributed by atoms with Gasteiger partial charge in [-0.15, -0.1) is 0 Å². The van der Waals surface area contributed by atoms with Gasteiger partial charge in [-0.25, -0.2) is 8.42 Å². The van der Waals surface area contributed by atoms with Crippen molar-refractivity contribution in [1.29, 1.82) is 0 Å². The highest BCUT2D eigenvalue weighted by Gasteiger charge is 2.40. The van der Waals surface area contributed by atoms with Crippen LogP contribution in [0.4, 0.5) is 5.69 Å². The first-order valence-electron chi connectivity index (χ1n) is 8.90. The number of fused-ring (bicyclic) bond motifs is 1. The molecule has 9 heteroatoms. The summed E-state index contributed by atoms with van der Waals surface area (Å²) in [5, 5.41) is 2.59. The number of hydrogen-bond acceptors (Lipinski definition) is 6. The Morgan fingerprint density at radius 3 is 2.41 bits per heavy atom. The first-order chi connectivity index (χ1) is 13.8. The summed E-state index contributed by atoms with van der Waals surface area (Å²) >= 11 is 0. The SMILES string of the molecule is COC(=O)[C@H]1Cc2ccccc2CN1S(=O)(=O)c1ccc(NC(C)=O)c(OC)c1. The fourth-order valence-corrected chi connectivity index (χ4v) is 4.92. The standard InChI is InChI=1S/C20H22N2O6S/c1-13(23)21-17-9-8-16(11-19(17)27-2)29(25,26)22-12-15-7-5-4-6-14(15)10-18(22)20(24)28-3/h4-9,11,18H,10,12H2,1-3H3,(H,21,23)/t18-/m1/s1. The number of carbonyl (C=O) groups excluding carboxylic acids is 2. The van der Waals surface area contributed by atoms with Gasteiger partial charge in [-0.3, -0.25) is 9.59 Å². The Bertz CT molecular complexity index is 1050. The number of nitrogens with one attached hydrogen (secondary N) is 1. The van der Waals surface area contributed by atoms with Crippen LogP contribution in [0, 0.1) is 0 Å². The average Bonchev–Trinajstić information content (AvgIpc) is 2.71. The molecule has 8 nitrogen and oxygen atoms in total. The first kappa shape index (κ1) is 20.8. The van der Waals surface area contributed by atoms with E-state index in [0.29, 0.717) is 5.69 Å². The minimum Gasteiger partial charge on any atom is -0.495 e. The van der Waals surface area contributed by atoms with E-state index >= 15 is 0 Å². The van der Waals surface area contributed by atoms with Gasteiger partial charge in [0.05, 0.1) is 24.8 Å². The smallest absolute Gasteiger partial charge is 0.324 e. The minimum atomic E-state index is -4.05. The van der Waals surface area contributed by atoms with Gasteiger partial charge in [0.15, 0.2) is 0 Å². The number of amides is 1. The quantitative estimate of drug-likeness (QED) is 0.745. The van der Waals surface area contributed by atoms with Gasteiger partial charge in [0, 0.05) is 26.0 Å². The van der Waals surface area contributed by atoms with Crippen molar-refractivity contribution < 1.29 is 27.5 Å². The summed E-state index contributed by atoms with van der Waals surface area (Å²) in [6.07, 6.45) is 0.225. The summed E-state index contributed by atoms with van der Waals surface area (Å²) in [5.74, 6) is -0.726. The Hall–Kier alpha value is -2.91. The van der Waals surface area contributed by atoms with Gasteiger partial charge in [0.1, 0.15) is 11.8 Å². The van der Waals surface area contributed by atoms with Crippen LogP contribution in [-0.4, -0.2) is 44.9 Å². The van der Waals surface area contributed by atoms with E-state index in [0.717, 1.165) is 15.4 Å².